The molecule has 0 unspecified atom stereocenters. The summed E-state index contributed by atoms with van der Waals surface area (Å²) in [4.78, 5) is 23.3. The minimum Gasteiger partial charge on any atom is -0.371 e. The van der Waals surface area contributed by atoms with E-state index in [9.17, 15) is 10.1 Å². The Bertz CT molecular complexity index is 884. The first-order valence-electron chi connectivity index (χ1n) is 10.1. The van der Waals surface area contributed by atoms with Crippen molar-refractivity contribution < 1.29 is 4.79 Å². The number of fused-ring (bicyclic) bond motifs is 1. The largest absolute Gasteiger partial charge is 0.371 e. The number of pyridine rings is 1. The Morgan fingerprint density at radius 2 is 2.07 bits per heavy atom. The standard InChI is InChI=1S/C22H27N5O/c1-25(19-6-7-21-17(14-19)4-2-10-24-21)18-8-12-26(13-9-18)16-22(28)27-11-3-5-20(27)15-23/h2,4,6-7,10,14,18,20H,3,5,8-9,11-13,16H2,1H3/t20-/m0/s1. The number of rotatable bonds is 4. The lowest BCUT2D eigenvalue weighted by Crippen LogP contribution is -2.48. The first kappa shape index (κ1) is 18.7. The van der Waals surface area contributed by atoms with Crippen LogP contribution in [0, 0.1) is 11.3 Å². The van der Waals surface area contributed by atoms with Crippen LogP contribution in [-0.2, 0) is 4.79 Å². The van der Waals surface area contributed by atoms with Gasteiger partial charge in [0.2, 0.25) is 5.91 Å². The molecule has 1 aromatic carbocycles. The molecular weight excluding hydrogens is 350 g/mol. The van der Waals surface area contributed by atoms with Gasteiger partial charge in [0.15, 0.2) is 0 Å². The average Bonchev–Trinajstić information content (AvgIpc) is 3.22. The number of carbonyl (C=O) groups is 1. The molecule has 0 spiro atoms. The first-order chi connectivity index (χ1) is 13.7. The lowest BCUT2D eigenvalue weighted by atomic mass is 10.0. The van der Waals surface area contributed by atoms with Crippen LogP contribution in [0.2, 0.25) is 0 Å². The third-order valence-corrected chi connectivity index (χ3v) is 6.18. The van der Waals surface area contributed by atoms with Crippen molar-refractivity contribution >= 4 is 22.5 Å². The zero-order chi connectivity index (χ0) is 19.5. The molecule has 28 heavy (non-hydrogen) atoms. The van der Waals surface area contributed by atoms with Gasteiger partial charge in [-0.3, -0.25) is 14.7 Å². The molecule has 0 saturated carbocycles. The van der Waals surface area contributed by atoms with Crippen molar-refractivity contribution in [2.45, 2.75) is 37.8 Å². The van der Waals surface area contributed by atoms with E-state index >= 15 is 0 Å². The number of amides is 1. The number of hydrogen-bond acceptors (Lipinski definition) is 5. The molecule has 2 fully saturated rings. The van der Waals surface area contributed by atoms with E-state index < -0.39 is 0 Å². The molecule has 146 valence electrons. The molecule has 6 nitrogen and oxygen atoms in total. The van der Waals surface area contributed by atoms with Gasteiger partial charge < -0.3 is 9.80 Å². The van der Waals surface area contributed by atoms with Gasteiger partial charge in [0.25, 0.3) is 0 Å². The maximum atomic E-state index is 12.6. The van der Waals surface area contributed by atoms with E-state index in [2.05, 4.69) is 52.2 Å². The fourth-order valence-electron chi connectivity index (χ4n) is 4.44. The molecule has 1 aromatic heterocycles. The van der Waals surface area contributed by atoms with Crippen molar-refractivity contribution in [2.75, 3.05) is 38.1 Å². The van der Waals surface area contributed by atoms with E-state index in [-0.39, 0.29) is 11.9 Å². The maximum Gasteiger partial charge on any atom is 0.237 e. The fourth-order valence-corrected chi connectivity index (χ4v) is 4.44. The second kappa shape index (κ2) is 8.15. The highest BCUT2D eigenvalue weighted by Gasteiger charge is 2.31. The van der Waals surface area contributed by atoms with Crippen LogP contribution in [0.5, 0.6) is 0 Å². The van der Waals surface area contributed by atoms with E-state index in [1.54, 1.807) is 4.90 Å². The molecule has 2 aliphatic rings. The van der Waals surface area contributed by atoms with E-state index in [1.165, 1.54) is 5.69 Å². The van der Waals surface area contributed by atoms with E-state index in [0.717, 1.165) is 56.2 Å². The van der Waals surface area contributed by atoms with Gasteiger partial charge >= 0.3 is 0 Å². The number of carbonyl (C=O) groups excluding carboxylic acids is 1. The minimum atomic E-state index is -0.224. The van der Waals surface area contributed by atoms with Crippen molar-refractivity contribution in [2.24, 2.45) is 0 Å². The predicted octanol–water partition coefficient (Wildman–Crippen LogP) is 2.65. The van der Waals surface area contributed by atoms with Gasteiger partial charge in [-0.15, -0.1) is 0 Å². The molecular formula is C22H27N5O. The van der Waals surface area contributed by atoms with Crippen LogP contribution >= 0.6 is 0 Å². The minimum absolute atomic E-state index is 0.109. The van der Waals surface area contributed by atoms with Crippen LogP contribution in [0.4, 0.5) is 5.69 Å². The Kier molecular flexibility index (Phi) is 5.45. The summed E-state index contributed by atoms with van der Waals surface area (Å²) in [6.07, 6.45) is 5.66. The predicted molar refractivity (Wildman–Crippen MR) is 110 cm³/mol. The molecule has 0 radical (unpaired) electrons. The number of hydrogen-bond donors (Lipinski definition) is 0. The number of nitriles is 1. The van der Waals surface area contributed by atoms with Crippen molar-refractivity contribution in [3.8, 4) is 6.07 Å². The summed E-state index contributed by atoms with van der Waals surface area (Å²) in [5.41, 5.74) is 2.23. The highest BCUT2D eigenvalue weighted by molar-refractivity contribution is 5.82. The van der Waals surface area contributed by atoms with Gasteiger partial charge in [-0.2, -0.15) is 5.26 Å². The number of aromatic nitrogens is 1. The monoisotopic (exact) mass is 377 g/mol. The zero-order valence-electron chi connectivity index (χ0n) is 16.4. The second-order valence-electron chi connectivity index (χ2n) is 7.87. The number of nitrogens with zero attached hydrogens (tertiary/aromatic N) is 5. The Balaban J connectivity index is 1.33. The highest BCUT2D eigenvalue weighted by atomic mass is 16.2. The van der Waals surface area contributed by atoms with Gasteiger partial charge in [0.05, 0.1) is 18.1 Å². The normalized spacial score (nSPS) is 21.0. The summed E-state index contributed by atoms with van der Waals surface area (Å²) < 4.78 is 0. The zero-order valence-corrected chi connectivity index (χ0v) is 16.4. The summed E-state index contributed by atoms with van der Waals surface area (Å²) in [5.74, 6) is 0.109. The van der Waals surface area contributed by atoms with Gasteiger partial charge in [0, 0.05) is 50.0 Å². The molecule has 0 aliphatic carbocycles. The SMILES string of the molecule is CN(c1ccc2ncccc2c1)C1CCN(CC(=O)N2CCC[C@H]2C#N)CC1. The van der Waals surface area contributed by atoms with Gasteiger partial charge in [0.1, 0.15) is 6.04 Å². The van der Waals surface area contributed by atoms with Crippen molar-refractivity contribution in [3.63, 3.8) is 0 Å². The molecule has 3 heterocycles. The Hall–Kier alpha value is -2.65. The maximum absolute atomic E-state index is 12.6. The molecule has 1 atom stereocenters. The van der Waals surface area contributed by atoms with Crippen molar-refractivity contribution in [3.05, 3.63) is 36.5 Å². The second-order valence-corrected chi connectivity index (χ2v) is 7.87. The summed E-state index contributed by atoms with van der Waals surface area (Å²) >= 11 is 0. The van der Waals surface area contributed by atoms with Crippen LogP contribution < -0.4 is 4.90 Å². The van der Waals surface area contributed by atoms with Crippen LogP contribution in [-0.4, -0.2) is 66.0 Å². The fraction of sp³-hybridized carbons (Fsp3) is 0.500. The Morgan fingerprint density at radius 3 is 2.86 bits per heavy atom. The van der Waals surface area contributed by atoms with E-state index in [0.29, 0.717) is 12.6 Å². The quantitative estimate of drug-likeness (QED) is 0.820. The number of anilines is 1. The molecule has 6 heteroatoms. The number of likely N-dealkylation sites (tertiary alicyclic amines) is 2. The molecule has 1 amide bonds. The van der Waals surface area contributed by atoms with E-state index in [1.807, 2.05) is 12.3 Å². The van der Waals surface area contributed by atoms with Gasteiger partial charge in [-0.1, -0.05) is 6.07 Å². The Labute approximate surface area is 166 Å². The highest BCUT2D eigenvalue weighted by Crippen LogP contribution is 2.25. The summed E-state index contributed by atoms with van der Waals surface area (Å²) in [6.45, 7) is 3.01. The third kappa shape index (κ3) is 3.81. The van der Waals surface area contributed by atoms with Gasteiger partial charge in [-0.25, -0.2) is 0 Å². The summed E-state index contributed by atoms with van der Waals surface area (Å²) in [6, 6.07) is 13.0. The van der Waals surface area contributed by atoms with Gasteiger partial charge in [-0.05, 0) is 49.9 Å². The third-order valence-electron chi connectivity index (χ3n) is 6.18. The molecule has 0 N–H and O–H groups in total. The average molecular weight is 377 g/mol. The topological polar surface area (TPSA) is 63.5 Å². The van der Waals surface area contributed by atoms with Crippen molar-refractivity contribution in [1.29, 1.82) is 5.26 Å². The van der Waals surface area contributed by atoms with Crippen LogP contribution in [0.3, 0.4) is 0 Å². The number of benzene rings is 1. The summed E-state index contributed by atoms with van der Waals surface area (Å²) in [5, 5.41) is 10.4. The first-order valence-corrected chi connectivity index (χ1v) is 10.1. The van der Waals surface area contributed by atoms with E-state index in [4.69, 9.17) is 0 Å². The lowest BCUT2D eigenvalue weighted by Gasteiger charge is -2.38. The Morgan fingerprint density at radius 1 is 1.25 bits per heavy atom. The number of piperidine rings is 1. The smallest absolute Gasteiger partial charge is 0.237 e. The molecule has 4 rings (SSSR count). The summed E-state index contributed by atoms with van der Waals surface area (Å²) in [7, 11) is 2.16. The lowest BCUT2D eigenvalue weighted by molar-refractivity contribution is -0.132. The molecule has 2 aliphatic heterocycles. The molecule has 0 bridgehead atoms. The van der Waals surface area contributed by atoms with Crippen LogP contribution in [0.15, 0.2) is 36.5 Å². The molecule has 2 aromatic rings. The van der Waals surface area contributed by atoms with Crippen LogP contribution in [0.25, 0.3) is 10.9 Å². The van der Waals surface area contributed by atoms with Crippen molar-refractivity contribution in [1.82, 2.24) is 14.8 Å². The molecule has 2 saturated heterocycles. The van der Waals surface area contributed by atoms with Crippen LogP contribution in [0.1, 0.15) is 25.7 Å².